The zero-order valence-corrected chi connectivity index (χ0v) is 17.3. The smallest absolute Gasteiger partial charge is 0.251 e. The van der Waals surface area contributed by atoms with Crippen LogP contribution in [0.25, 0.3) is 17.1 Å². The van der Waals surface area contributed by atoms with Crippen LogP contribution in [0.4, 0.5) is 0 Å². The lowest BCUT2D eigenvalue weighted by molar-refractivity contribution is 0.0949. The molecule has 4 aromatic rings. The number of carbonyl (C=O) groups is 1. The minimum atomic E-state index is -0.121. The standard InChI is InChI=1S/C24H20BrN3O/c25-20-12-6-11-19(16-20)24(29)26-17-23-27-21-13-4-5-14-22(21)28(23)15-7-10-18-8-2-1-3-9-18/h1-14,16H,15,17H2,(H,26,29)/b10-7+. The zero-order valence-electron chi connectivity index (χ0n) is 15.8. The van der Waals surface area contributed by atoms with Crippen molar-refractivity contribution in [2.24, 2.45) is 0 Å². The second-order valence-corrected chi connectivity index (χ2v) is 7.55. The number of nitrogens with zero attached hydrogens (tertiary/aromatic N) is 2. The zero-order chi connectivity index (χ0) is 20.1. The van der Waals surface area contributed by atoms with Crippen molar-refractivity contribution in [1.82, 2.24) is 14.9 Å². The minimum absolute atomic E-state index is 0.121. The van der Waals surface area contributed by atoms with Gasteiger partial charge >= 0.3 is 0 Å². The van der Waals surface area contributed by atoms with Crippen molar-refractivity contribution < 1.29 is 4.79 Å². The molecule has 0 fully saturated rings. The SMILES string of the molecule is O=C(NCc1nc2ccccc2n1C/C=C/c1ccccc1)c1cccc(Br)c1. The van der Waals surface area contributed by atoms with Crippen LogP contribution in [-0.2, 0) is 13.1 Å². The number of aromatic nitrogens is 2. The third kappa shape index (κ3) is 4.63. The average Bonchev–Trinajstić information content (AvgIpc) is 3.10. The molecule has 0 spiro atoms. The Morgan fingerprint density at radius 3 is 2.62 bits per heavy atom. The molecule has 5 heteroatoms. The Bertz CT molecular complexity index is 1170. The van der Waals surface area contributed by atoms with Crippen LogP contribution < -0.4 is 5.32 Å². The number of imidazole rings is 1. The molecule has 0 saturated heterocycles. The van der Waals surface area contributed by atoms with Crippen molar-refractivity contribution in [3.63, 3.8) is 0 Å². The summed E-state index contributed by atoms with van der Waals surface area (Å²) in [6.45, 7) is 1.04. The summed E-state index contributed by atoms with van der Waals surface area (Å²) in [6.07, 6.45) is 4.21. The predicted molar refractivity (Wildman–Crippen MR) is 121 cm³/mol. The quantitative estimate of drug-likeness (QED) is 0.429. The van der Waals surface area contributed by atoms with E-state index in [-0.39, 0.29) is 5.91 Å². The van der Waals surface area contributed by atoms with E-state index < -0.39 is 0 Å². The predicted octanol–water partition coefficient (Wildman–Crippen LogP) is 5.44. The van der Waals surface area contributed by atoms with Crippen LogP contribution in [0.5, 0.6) is 0 Å². The average molecular weight is 446 g/mol. The van der Waals surface area contributed by atoms with Gasteiger partial charge in [-0.2, -0.15) is 0 Å². The van der Waals surface area contributed by atoms with Gasteiger partial charge in [0.15, 0.2) is 0 Å². The Labute approximate surface area is 178 Å². The van der Waals surface area contributed by atoms with Crippen LogP contribution in [-0.4, -0.2) is 15.5 Å². The summed E-state index contributed by atoms with van der Waals surface area (Å²) in [6, 6.07) is 25.6. The summed E-state index contributed by atoms with van der Waals surface area (Å²) in [5.74, 6) is 0.706. The molecular formula is C24H20BrN3O. The van der Waals surface area contributed by atoms with E-state index in [0.717, 1.165) is 26.9 Å². The molecule has 1 heterocycles. The van der Waals surface area contributed by atoms with Crippen LogP contribution in [0.3, 0.4) is 0 Å². The molecular weight excluding hydrogens is 426 g/mol. The Morgan fingerprint density at radius 2 is 1.79 bits per heavy atom. The highest BCUT2D eigenvalue weighted by atomic mass is 79.9. The highest BCUT2D eigenvalue weighted by molar-refractivity contribution is 9.10. The number of para-hydroxylation sites is 2. The van der Waals surface area contributed by atoms with Crippen molar-refractivity contribution in [2.45, 2.75) is 13.1 Å². The molecule has 0 bridgehead atoms. The van der Waals surface area contributed by atoms with Crippen molar-refractivity contribution >= 4 is 38.9 Å². The second-order valence-electron chi connectivity index (χ2n) is 6.63. The maximum Gasteiger partial charge on any atom is 0.251 e. The maximum absolute atomic E-state index is 12.5. The van der Waals surface area contributed by atoms with E-state index >= 15 is 0 Å². The Hall–Kier alpha value is -3.18. The lowest BCUT2D eigenvalue weighted by Crippen LogP contribution is -2.24. The normalized spacial score (nSPS) is 11.2. The first kappa shape index (κ1) is 19.2. The lowest BCUT2D eigenvalue weighted by atomic mass is 10.2. The van der Waals surface area contributed by atoms with Gasteiger partial charge in [-0.25, -0.2) is 4.98 Å². The second kappa shape index (κ2) is 8.88. The fraction of sp³-hybridized carbons (Fsp3) is 0.0833. The molecule has 0 atom stereocenters. The Kier molecular flexibility index (Phi) is 5.86. The molecule has 0 radical (unpaired) electrons. The molecule has 0 unspecified atom stereocenters. The molecule has 0 aliphatic carbocycles. The summed E-state index contributed by atoms with van der Waals surface area (Å²) in [4.78, 5) is 17.2. The molecule has 29 heavy (non-hydrogen) atoms. The first-order valence-corrected chi connectivity index (χ1v) is 10.2. The number of allylic oxidation sites excluding steroid dienone is 1. The van der Waals surface area contributed by atoms with Gasteiger partial charge in [-0.1, -0.05) is 76.6 Å². The number of amides is 1. The van der Waals surface area contributed by atoms with Crippen molar-refractivity contribution in [2.75, 3.05) is 0 Å². The van der Waals surface area contributed by atoms with Gasteiger partial charge in [-0.15, -0.1) is 0 Å². The van der Waals surface area contributed by atoms with Gasteiger partial charge in [0.05, 0.1) is 17.6 Å². The Balaban J connectivity index is 1.54. The topological polar surface area (TPSA) is 46.9 Å². The van der Waals surface area contributed by atoms with E-state index in [4.69, 9.17) is 4.98 Å². The third-order valence-electron chi connectivity index (χ3n) is 4.63. The van der Waals surface area contributed by atoms with Gasteiger partial charge in [-0.05, 0) is 35.9 Å². The van der Waals surface area contributed by atoms with Gasteiger partial charge in [0.2, 0.25) is 0 Å². The number of hydrogen-bond donors (Lipinski definition) is 1. The number of fused-ring (bicyclic) bond motifs is 1. The number of nitrogens with one attached hydrogen (secondary N) is 1. The van der Waals surface area contributed by atoms with Gasteiger partial charge in [0.25, 0.3) is 5.91 Å². The van der Waals surface area contributed by atoms with E-state index in [1.54, 1.807) is 12.1 Å². The van der Waals surface area contributed by atoms with Gasteiger partial charge < -0.3 is 9.88 Å². The highest BCUT2D eigenvalue weighted by Gasteiger charge is 2.12. The van der Waals surface area contributed by atoms with Crippen LogP contribution in [0, 0.1) is 0 Å². The summed E-state index contributed by atoms with van der Waals surface area (Å²) < 4.78 is 3.01. The molecule has 1 amide bonds. The fourth-order valence-electron chi connectivity index (χ4n) is 3.21. The molecule has 144 valence electrons. The molecule has 4 rings (SSSR count). The third-order valence-corrected chi connectivity index (χ3v) is 5.12. The summed E-state index contributed by atoms with van der Waals surface area (Å²) in [5.41, 5.74) is 3.75. The highest BCUT2D eigenvalue weighted by Crippen LogP contribution is 2.17. The maximum atomic E-state index is 12.5. The van der Waals surface area contributed by atoms with E-state index in [1.165, 1.54) is 0 Å². The molecule has 1 aromatic heterocycles. The van der Waals surface area contributed by atoms with Crippen molar-refractivity contribution in [1.29, 1.82) is 0 Å². The molecule has 1 N–H and O–H groups in total. The summed E-state index contributed by atoms with van der Waals surface area (Å²) in [7, 11) is 0. The Morgan fingerprint density at radius 1 is 1.00 bits per heavy atom. The number of carbonyl (C=O) groups excluding carboxylic acids is 1. The monoisotopic (exact) mass is 445 g/mol. The van der Waals surface area contributed by atoms with Crippen LogP contribution in [0.2, 0.25) is 0 Å². The molecule has 4 nitrogen and oxygen atoms in total. The van der Waals surface area contributed by atoms with Crippen LogP contribution >= 0.6 is 15.9 Å². The summed E-state index contributed by atoms with van der Waals surface area (Å²) in [5, 5.41) is 2.98. The first-order chi connectivity index (χ1) is 14.2. The van der Waals surface area contributed by atoms with E-state index in [2.05, 4.69) is 56.2 Å². The lowest BCUT2D eigenvalue weighted by Gasteiger charge is -2.09. The van der Waals surface area contributed by atoms with E-state index in [1.807, 2.05) is 48.5 Å². The number of benzene rings is 3. The largest absolute Gasteiger partial charge is 0.345 e. The van der Waals surface area contributed by atoms with Crippen molar-refractivity contribution in [3.8, 4) is 0 Å². The van der Waals surface area contributed by atoms with Crippen molar-refractivity contribution in [3.05, 3.63) is 106 Å². The molecule has 3 aromatic carbocycles. The van der Waals surface area contributed by atoms with E-state index in [9.17, 15) is 4.79 Å². The minimum Gasteiger partial charge on any atom is -0.345 e. The fourth-order valence-corrected chi connectivity index (χ4v) is 3.61. The number of halogens is 1. The molecule has 0 saturated carbocycles. The number of rotatable bonds is 6. The molecule has 0 aliphatic rings. The van der Waals surface area contributed by atoms with E-state index in [0.29, 0.717) is 18.7 Å². The van der Waals surface area contributed by atoms with Crippen LogP contribution in [0.1, 0.15) is 21.7 Å². The van der Waals surface area contributed by atoms with Crippen LogP contribution in [0.15, 0.2) is 89.4 Å². The van der Waals surface area contributed by atoms with Gasteiger partial charge in [-0.3, -0.25) is 4.79 Å². The number of hydrogen-bond acceptors (Lipinski definition) is 2. The summed E-state index contributed by atoms with van der Waals surface area (Å²) >= 11 is 3.40. The molecule has 0 aliphatic heterocycles. The first-order valence-electron chi connectivity index (χ1n) is 9.40. The van der Waals surface area contributed by atoms with Gasteiger partial charge in [0.1, 0.15) is 5.82 Å². The van der Waals surface area contributed by atoms with Gasteiger partial charge in [0, 0.05) is 16.6 Å².